The Morgan fingerprint density at radius 2 is 2.27 bits per heavy atom. The average Bonchev–Trinajstić information content (AvgIpc) is 2.99. The lowest BCUT2D eigenvalue weighted by Crippen LogP contribution is -2.13. The molecule has 0 radical (unpaired) electrons. The third kappa shape index (κ3) is 2.34. The molecule has 78 valence electrons. The van der Waals surface area contributed by atoms with E-state index in [2.05, 4.69) is 15.3 Å². The Balaban J connectivity index is 2.23. The Kier molecular flexibility index (Phi) is 2.42. The minimum Gasteiger partial charge on any atom is -0.367 e. The van der Waals surface area contributed by atoms with Crippen molar-refractivity contribution in [2.45, 2.75) is 25.8 Å². The maximum atomic E-state index is 8.76. The first-order valence-corrected chi connectivity index (χ1v) is 4.94. The van der Waals surface area contributed by atoms with Gasteiger partial charge in [-0.15, -0.1) is 0 Å². The number of rotatable bonds is 3. The molecule has 2 rings (SSSR count). The quantitative estimate of drug-likeness (QED) is 0.592. The molecule has 0 unspecified atom stereocenters. The van der Waals surface area contributed by atoms with Gasteiger partial charge in [0.2, 0.25) is 0 Å². The van der Waals surface area contributed by atoms with Gasteiger partial charge in [0.15, 0.2) is 6.19 Å². The SMILES string of the molecule is Cc1nc(NC2CC2)cc(N(C)C#N)n1. The van der Waals surface area contributed by atoms with Crippen LogP contribution in [0.3, 0.4) is 0 Å². The molecule has 1 aliphatic carbocycles. The van der Waals surface area contributed by atoms with Gasteiger partial charge in [0.25, 0.3) is 0 Å². The van der Waals surface area contributed by atoms with Crippen molar-refractivity contribution >= 4 is 11.6 Å². The van der Waals surface area contributed by atoms with E-state index in [-0.39, 0.29) is 0 Å². The van der Waals surface area contributed by atoms with Crippen molar-refractivity contribution in [3.05, 3.63) is 11.9 Å². The van der Waals surface area contributed by atoms with Gasteiger partial charge in [-0.2, -0.15) is 5.26 Å². The Morgan fingerprint density at radius 3 is 2.87 bits per heavy atom. The van der Waals surface area contributed by atoms with Gasteiger partial charge < -0.3 is 5.32 Å². The van der Waals surface area contributed by atoms with E-state index in [9.17, 15) is 0 Å². The molecule has 5 nitrogen and oxygen atoms in total. The van der Waals surface area contributed by atoms with Gasteiger partial charge in [0, 0.05) is 19.2 Å². The first kappa shape index (κ1) is 9.71. The van der Waals surface area contributed by atoms with E-state index in [1.165, 1.54) is 17.7 Å². The molecule has 1 saturated carbocycles. The summed E-state index contributed by atoms with van der Waals surface area (Å²) in [7, 11) is 1.68. The van der Waals surface area contributed by atoms with Crippen molar-refractivity contribution < 1.29 is 0 Å². The summed E-state index contributed by atoms with van der Waals surface area (Å²) < 4.78 is 0. The van der Waals surface area contributed by atoms with Crippen molar-refractivity contribution in [3.8, 4) is 6.19 Å². The second-order valence-electron chi connectivity index (χ2n) is 3.74. The molecule has 0 amide bonds. The molecule has 0 aromatic carbocycles. The maximum absolute atomic E-state index is 8.76. The van der Waals surface area contributed by atoms with Gasteiger partial charge in [-0.3, -0.25) is 4.90 Å². The zero-order valence-electron chi connectivity index (χ0n) is 8.86. The van der Waals surface area contributed by atoms with E-state index in [4.69, 9.17) is 5.26 Å². The number of aryl methyl sites for hydroxylation is 1. The van der Waals surface area contributed by atoms with Crippen molar-refractivity contribution in [1.82, 2.24) is 9.97 Å². The highest BCUT2D eigenvalue weighted by molar-refractivity contribution is 5.52. The summed E-state index contributed by atoms with van der Waals surface area (Å²) in [5.74, 6) is 2.12. The van der Waals surface area contributed by atoms with E-state index < -0.39 is 0 Å². The molecular weight excluding hydrogens is 190 g/mol. The lowest BCUT2D eigenvalue weighted by molar-refractivity contribution is 0.995. The van der Waals surface area contributed by atoms with Crippen LogP contribution in [0.4, 0.5) is 11.6 Å². The summed E-state index contributed by atoms with van der Waals surface area (Å²) in [6, 6.07) is 2.36. The van der Waals surface area contributed by atoms with Gasteiger partial charge in [-0.25, -0.2) is 9.97 Å². The second kappa shape index (κ2) is 3.73. The number of nitriles is 1. The summed E-state index contributed by atoms with van der Waals surface area (Å²) in [4.78, 5) is 9.88. The highest BCUT2D eigenvalue weighted by Crippen LogP contribution is 2.24. The van der Waals surface area contributed by atoms with E-state index in [0.717, 1.165) is 5.82 Å². The van der Waals surface area contributed by atoms with Gasteiger partial charge in [0.1, 0.15) is 17.5 Å². The van der Waals surface area contributed by atoms with Crippen LogP contribution >= 0.6 is 0 Å². The molecule has 1 aromatic rings. The molecule has 1 aliphatic rings. The van der Waals surface area contributed by atoms with Crippen LogP contribution in [0.1, 0.15) is 18.7 Å². The first-order chi connectivity index (χ1) is 7.19. The fourth-order valence-corrected chi connectivity index (χ4v) is 1.29. The molecule has 0 atom stereocenters. The molecule has 0 spiro atoms. The molecule has 1 aromatic heterocycles. The van der Waals surface area contributed by atoms with Crippen LogP contribution in [0.15, 0.2) is 6.07 Å². The smallest absolute Gasteiger partial charge is 0.185 e. The molecule has 0 bridgehead atoms. The molecule has 1 heterocycles. The van der Waals surface area contributed by atoms with Crippen LogP contribution in [0.25, 0.3) is 0 Å². The molecule has 0 saturated heterocycles. The Hall–Kier alpha value is -1.83. The summed E-state index contributed by atoms with van der Waals surface area (Å²) in [5, 5.41) is 12.0. The van der Waals surface area contributed by atoms with Gasteiger partial charge in [-0.1, -0.05) is 0 Å². The van der Waals surface area contributed by atoms with Crippen LogP contribution in [-0.2, 0) is 0 Å². The van der Waals surface area contributed by atoms with Crippen molar-refractivity contribution in [2.24, 2.45) is 0 Å². The number of nitrogens with one attached hydrogen (secondary N) is 1. The topological polar surface area (TPSA) is 64.8 Å². The second-order valence-corrected chi connectivity index (χ2v) is 3.74. The van der Waals surface area contributed by atoms with E-state index in [1.807, 2.05) is 13.1 Å². The minimum atomic E-state index is 0.555. The van der Waals surface area contributed by atoms with Crippen molar-refractivity contribution in [2.75, 3.05) is 17.3 Å². The number of hydrogen-bond donors (Lipinski definition) is 1. The normalized spacial score (nSPS) is 14.5. The van der Waals surface area contributed by atoms with Crippen molar-refractivity contribution in [1.29, 1.82) is 5.26 Å². The third-order valence-corrected chi connectivity index (χ3v) is 2.25. The average molecular weight is 203 g/mol. The van der Waals surface area contributed by atoms with Crippen LogP contribution < -0.4 is 10.2 Å². The third-order valence-electron chi connectivity index (χ3n) is 2.25. The zero-order valence-corrected chi connectivity index (χ0v) is 8.86. The lowest BCUT2D eigenvalue weighted by Gasteiger charge is -2.11. The van der Waals surface area contributed by atoms with Gasteiger partial charge in [0.05, 0.1) is 0 Å². The van der Waals surface area contributed by atoms with Crippen LogP contribution in [-0.4, -0.2) is 23.1 Å². The first-order valence-electron chi connectivity index (χ1n) is 4.94. The zero-order chi connectivity index (χ0) is 10.8. The fourth-order valence-electron chi connectivity index (χ4n) is 1.29. The fraction of sp³-hybridized carbons (Fsp3) is 0.500. The van der Waals surface area contributed by atoms with Gasteiger partial charge in [-0.05, 0) is 19.8 Å². The van der Waals surface area contributed by atoms with Crippen LogP contribution in [0.2, 0.25) is 0 Å². The number of nitrogens with zero attached hydrogens (tertiary/aromatic N) is 4. The number of aromatic nitrogens is 2. The summed E-state index contributed by atoms with van der Waals surface area (Å²) in [5.41, 5.74) is 0. The molecule has 0 aliphatic heterocycles. The molecule has 1 fully saturated rings. The highest BCUT2D eigenvalue weighted by Gasteiger charge is 2.21. The largest absolute Gasteiger partial charge is 0.367 e. The lowest BCUT2D eigenvalue weighted by atomic mass is 10.4. The summed E-state index contributed by atoms with van der Waals surface area (Å²) in [6.07, 6.45) is 4.42. The maximum Gasteiger partial charge on any atom is 0.185 e. The Labute approximate surface area is 88.8 Å². The molecule has 5 heteroatoms. The summed E-state index contributed by atoms with van der Waals surface area (Å²) >= 11 is 0. The van der Waals surface area contributed by atoms with Crippen LogP contribution in [0.5, 0.6) is 0 Å². The predicted molar refractivity (Wildman–Crippen MR) is 57.4 cm³/mol. The Morgan fingerprint density at radius 1 is 1.53 bits per heavy atom. The monoisotopic (exact) mass is 203 g/mol. The number of anilines is 2. The van der Waals surface area contributed by atoms with Gasteiger partial charge >= 0.3 is 0 Å². The summed E-state index contributed by atoms with van der Waals surface area (Å²) in [6.45, 7) is 1.83. The Bertz CT molecular complexity index is 405. The van der Waals surface area contributed by atoms with Crippen LogP contribution in [0, 0.1) is 18.4 Å². The van der Waals surface area contributed by atoms with E-state index in [0.29, 0.717) is 17.7 Å². The van der Waals surface area contributed by atoms with E-state index in [1.54, 1.807) is 13.1 Å². The number of hydrogen-bond acceptors (Lipinski definition) is 5. The van der Waals surface area contributed by atoms with Crippen molar-refractivity contribution in [3.63, 3.8) is 0 Å². The predicted octanol–water partition coefficient (Wildman–Crippen LogP) is 1.28. The molecule has 1 N–H and O–H groups in total. The standard InChI is InChI=1S/C10H13N5/c1-7-12-9(14-8-3-4-8)5-10(13-7)15(2)6-11/h5,8H,3-4H2,1-2H3,(H,12,13,14). The minimum absolute atomic E-state index is 0.555. The molecular formula is C10H13N5. The van der Waals surface area contributed by atoms with E-state index >= 15 is 0 Å². The molecule has 15 heavy (non-hydrogen) atoms. The highest BCUT2D eigenvalue weighted by atomic mass is 15.2.